The summed E-state index contributed by atoms with van der Waals surface area (Å²) < 4.78 is 32.5. The maximum atomic E-state index is 12.7. The van der Waals surface area contributed by atoms with Crippen LogP contribution < -0.4 is 0 Å². The summed E-state index contributed by atoms with van der Waals surface area (Å²) in [7, 11) is -3.42. The monoisotopic (exact) mass is 315 g/mol. The van der Waals surface area contributed by atoms with E-state index in [1.165, 1.54) is 4.31 Å². The van der Waals surface area contributed by atoms with Crippen LogP contribution in [0.25, 0.3) is 0 Å². The number of benzene rings is 1. The summed E-state index contributed by atoms with van der Waals surface area (Å²) in [6.07, 6.45) is 1.87. The summed E-state index contributed by atoms with van der Waals surface area (Å²) >= 11 is 1.68. The second-order valence-corrected chi connectivity index (χ2v) is 7.96. The first kappa shape index (κ1) is 15.8. The lowest BCUT2D eigenvalue weighted by Gasteiger charge is -2.34. The zero-order chi connectivity index (χ0) is 14.8. The van der Waals surface area contributed by atoms with E-state index in [1.807, 2.05) is 32.2 Å². The number of hydrogen-bond acceptors (Lipinski definition) is 4. The molecule has 0 saturated carbocycles. The molecule has 6 heteroatoms. The zero-order valence-electron chi connectivity index (χ0n) is 12.1. The molecule has 1 saturated heterocycles. The Kier molecular flexibility index (Phi) is 5.12. The molecule has 1 heterocycles. The van der Waals surface area contributed by atoms with Crippen LogP contribution in [0.2, 0.25) is 0 Å². The summed E-state index contributed by atoms with van der Waals surface area (Å²) in [5, 5.41) is 0. The molecule has 20 heavy (non-hydrogen) atoms. The van der Waals surface area contributed by atoms with E-state index in [1.54, 1.807) is 23.9 Å². The summed E-state index contributed by atoms with van der Waals surface area (Å²) in [4.78, 5) is 0.380. The van der Waals surface area contributed by atoms with Crippen LogP contribution in [0, 0.1) is 0 Å². The van der Waals surface area contributed by atoms with Gasteiger partial charge in [-0.25, -0.2) is 8.42 Å². The van der Waals surface area contributed by atoms with Gasteiger partial charge in [-0.15, -0.1) is 0 Å². The van der Waals surface area contributed by atoms with Gasteiger partial charge in [-0.1, -0.05) is 12.1 Å². The van der Waals surface area contributed by atoms with Crippen molar-refractivity contribution in [2.45, 2.75) is 36.7 Å². The van der Waals surface area contributed by atoms with Crippen molar-refractivity contribution in [2.24, 2.45) is 0 Å². The molecule has 2 atom stereocenters. The minimum atomic E-state index is -3.42. The highest BCUT2D eigenvalue weighted by molar-refractivity contribution is 7.97. The Morgan fingerprint density at radius 1 is 1.30 bits per heavy atom. The van der Waals surface area contributed by atoms with Crippen LogP contribution in [0.3, 0.4) is 0 Å². The average Bonchev–Trinajstić information content (AvgIpc) is 2.38. The third kappa shape index (κ3) is 3.55. The van der Waals surface area contributed by atoms with Crippen molar-refractivity contribution >= 4 is 21.8 Å². The van der Waals surface area contributed by atoms with Gasteiger partial charge in [-0.05, 0) is 37.8 Å². The molecule has 0 aromatic heterocycles. The Labute approximate surface area is 125 Å². The van der Waals surface area contributed by atoms with E-state index in [9.17, 15) is 8.42 Å². The quantitative estimate of drug-likeness (QED) is 0.856. The Morgan fingerprint density at radius 3 is 2.55 bits per heavy atom. The second-order valence-electron chi connectivity index (χ2n) is 5.16. The van der Waals surface area contributed by atoms with Gasteiger partial charge in [0.15, 0.2) is 0 Å². The predicted octanol–water partition coefficient (Wildman–Crippen LogP) is 2.35. The SMILES string of the molecule is CSCc1cccc(S(=O)(=O)N2C[C@H](C)O[C@@H](C)C2)c1. The Hall–Kier alpha value is -0.560. The van der Waals surface area contributed by atoms with Gasteiger partial charge in [0.05, 0.1) is 17.1 Å². The van der Waals surface area contributed by atoms with E-state index >= 15 is 0 Å². The van der Waals surface area contributed by atoms with Gasteiger partial charge in [-0.2, -0.15) is 16.1 Å². The minimum absolute atomic E-state index is 0.0668. The molecule has 1 aliphatic heterocycles. The van der Waals surface area contributed by atoms with Crippen LogP contribution in [-0.4, -0.2) is 44.3 Å². The zero-order valence-corrected chi connectivity index (χ0v) is 13.7. The molecule has 112 valence electrons. The molecular formula is C14H21NO3S2. The third-order valence-corrected chi connectivity index (χ3v) is 5.68. The summed E-state index contributed by atoms with van der Waals surface area (Å²) in [6, 6.07) is 7.21. The molecule has 0 unspecified atom stereocenters. The number of thioether (sulfide) groups is 1. The molecular weight excluding hydrogens is 294 g/mol. The molecule has 0 amide bonds. The molecule has 0 bridgehead atoms. The Balaban J connectivity index is 2.27. The topological polar surface area (TPSA) is 46.6 Å². The van der Waals surface area contributed by atoms with Crippen molar-refractivity contribution in [1.82, 2.24) is 4.31 Å². The number of ether oxygens (including phenoxy) is 1. The molecule has 1 aliphatic rings. The van der Waals surface area contributed by atoms with Gasteiger partial charge in [-0.3, -0.25) is 0 Å². The average molecular weight is 315 g/mol. The van der Waals surface area contributed by atoms with Crippen molar-refractivity contribution in [2.75, 3.05) is 19.3 Å². The highest BCUT2D eigenvalue weighted by atomic mass is 32.2. The van der Waals surface area contributed by atoms with Crippen LogP contribution >= 0.6 is 11.8 Å². The van der Waals surface area contributed by atoms with Gasteiger partial charge in [0.1, 0.15) is 0 Å². The van der Waals surface area contributed by atoms with Gasteiger partial charge >= 0.3 is 0 Å². The van der Waals surface area contributed by atoms with Gasteiger partial charge in [0.25, 0.3) is 0 Å². The maximum Gasteiger partial charge on any atom is 0.243 e. The number of sulfonamides is 1. The van der Waals surface area contributed by atoms with Gasteiger partial charge < -0.3 is 4.74 Å². The molecule has 1 aromatic carbocycles. The minimum Gasteiger partial charge on any atom is -0.373 e. The third-order valence-electron chi connectivity index (χ3n) is 3.23. The molecule has 1 fully saturated rings. The summed E-state index contributed by atoms with van der Waals surface area (Å²) in [5.74, 6) is 0.819. The van der Waals surface area contributed by atoms with E-state index in [2.05, 4.69) is 0 Å². The van der Waals surface area contributed by atoms with Crippen molar-refractivity contribution < 1.29 is 13.2 Å². The lowest BCUT2D eigenvalue weighted by Crippen LogP contribution is -2.48. The lowest BCUT2D eigenvalue weighted by atomic mass is 10.2. The van der Waals surface area contributed by atoms with Crippen molar-refractivity contribution in [3.8, 4) is 0 Å². The maximum absolute atomic E-state index is 12.7. The molecule has 2 rings (SSSR count). The lowest BCUT2D eigenvalue weighted by molar-refractivity contribution is -0.0440. The number of rotatable bonds is 4. The molecule has 0 N–H and O–H groups in total. The van der Waals surface area contributed by atoms with Crippen molar-refractivity contribution in [3.05, 3.63) is 29.8 Å². The fourth-order valence-corrected chi connectivity index (χ4v) is 4.61. The highest BCUT2D eigenvalue weighted by Crippen LogP contribution is 2.22. The fourth-order valence-electron chi connectivity index (χ4n) is 2.44. The first-order chi connectivity index (χ1) is 9.43. The van der Waals surface area contributed by atoms with Crippen LogP contribution in [0.5, 0.6) is 0 Å². The van der Waals surface area contributed by atoms with Gasteiger partial charge in [0.2, 0.25) is 10.0 Å². The molecule has 0 radical (unpaired) electrons. The normalized spacial score (nSPS) is 24.8. The number of hydrogen-bond donors (Lipinski definition) is 0. The van der Waals surface area contributed by atoms with Crippen LogP contribution in [0.1, 0.15) is 19.4 Å². The van der Waals surface area contributed by atoms with E-state index in [4.69, 9.17) is 4.74 Å². The van der Waals surface area contributed by atoms with E-state index < -0.39 is 10.0 Å². The van der Waals surface area contributed by atoms with E-state index in [0.717, 1.165) is 11.3 Å². The standard InChI is InChI=1S/C14H21NO3S2/c1-11-8-15(9-12(2)18-11)20(16,17)14-6-4-5-13(7-14)10-19-3/h4-7,11-12H,8-10H2,1-3H3/t11-,12-/m0/s1. The van der Waals surface area contributed by atoms with E-state index in [0.29, 0.717) is 18.0 Å². The first-order valence-corrected chi connectivity index (χ1v) is 9.50. The molecule has 0 spiro atoms. The second kappa shape index (κ2) is 6.47. The van der Waals surface area contributed by atoms with Crippen LogP contribution in [0.15, 0.2) is 29.2 Å². The Morgan fingerprint density at radius 2 is 1.95 bits per heavy atom. The highest BCUT2D eigenvalue weighted by Gasteiger charge is 2.32. The summed E-state index contributed by atoms with van der Waals surface area (Å²) in [5.41, 5.74) is 1.04. The van der Waals surface area contributed by atoms with Crippen molar-refractivity contribution in [1.29, 1.82) is 0 Å². The number of nitrogens with zero attached hydrogens (tertiary/aromatic N) is 1. The largest absolute Gasteiger partial charge is 0.373 e. The Bertz CT molecular complexity index is 549. The van der Waals surface area contributed by atoms with Crippen LogP contribution in [0.4, 0.5) is 0 Å². The summed E-state index contributed by atoms with van der Waals surface area (Å²) in [6.45, 7) is 4.64. The first-order valence-electron chi connectivity index (χ1n) is 6.67. The molecule has 0 aliphatic carbocycles. The molecule has 1 aromatic rings. The fraction of sp³-hybridized carbons (Fsp3) is 0.571. The predicted molar refractivity (Wildman–Crippen MR) is 82.4 cm³/mol. The number of morpholine rings is 1. The van der Waals surface area contributed by atoms with Crippen LogP contribution in [-0.2, 0) is 20.5 Å². The van der Waals surface area contributed by atoms with E-state index in [-0.39, 0.29) is 12.2 Å². The smallest absolute Gasteiger partial charge is 0.243 e. The molecule has 4 nitrogen and oxygen atoms in total. The van der Waals surface area contributed by atoms with Gasteiger partial charge in [0, 0.05) is 18.8 Å². The van der Waals surface area contributed by atoms with Crippen molar-refractivity contribution in [3.63, 3.8) is 0 Å².